The van der Waals surface area contributed by atoms with Crippen molar-refractivity contribution in [1.82, 2.24) is 15.5 Å². The maximum Gasteiger partial charge on any atom is 0.222 e. The molecule has 2 N–H and O–H groups in total. The number of nitrogens with zero attached hydrogens (tertiary/aromatic N) is 2. The fourth-order valence-corrected chi connectivity index (χ4v) is 3.43. The van der Waals surface area contributed by atoms with Crippen LogP contribution in [0, 0.1) is 11.6 Å². The van der Waals surface area contributed by atoms with Crippen LogP contribution in [0.1, 0.15) is 44.1 Å². The van der Waals surface area contributed by atoms with Gasteiger partial charge in [-0.1, -0.05) is 6.07 Å². The summed E-state index contributed by atoms with van der Waals surface area (Å²) in [5.41, 5.74) is 0.161. The monoisotopic (exact) mass is 364 g/mol. The van der Waals surface area contributed by atoms with Crippen molar-refractivity contribution in [2.24, 2.45) is 4.99 Å². The van der Waals surface area contributed by atoms with Gasteiger partial charge < -0.3 is 15.5 Å². The Hall–Kier alpha value is -2.18. The number of halogens is 2. The van der Waals surface area contributed by atoms with Gasteiger partial charge in [0.1, 0.15) is 11.6 Å². The molecule has 2 unspecified atom stereocenters. The van der Waals surface area contributed by atoms with E-state index in [9.17, 15) is 13.6 Å². The van der Waals surface area contributed by atoms with E-state index in [1.54, 1.807) is 0 Å². The third-order valence-electron chi connectivity index (χ3n) is 4.85. The number of guanidine groups is 1. The number of likely N-dealkylation sites (tertiary alicyclic amines) is 1. The fourth-order valence-electron chi connectivity index (χ4n) is 3.43. The van der Waals surface area contributed by atoms with Crippen LogP contribution in [0.3, 0.4) is 0 Å². The van der Waals surface area contributed by atoms with Gasteiger partial charge in [0.05, 0.1) is 0 Å². The second-order valence-corrected chi connectivity index (χ2v) is 6.83. The smallest absolute Gasteiger partial charge is 0.222 e. The fraction of sp³-hybridized carbons (Fsp3) is 0.579. The van der Waals surface area contributed by atoms with E-state index in [1.807, 2.05) is 11.8 Å². The zero-order chi connectivity index (χ0) is 18.5. The standard InChI is InChI=1S/C19H26F2N4O/c1-2-22-19(23-9-5-11-25-10-4-8-17(25)26)24-16-12-13(16)18-14(20)6-3-7-15(18)21/h3,6-7,13,16H,2,4-5,8-12H2,1H3,(H2,22,23,24). The quantitative estimate of drug-likeness (QED) is 0.444. The van der Waals surface area contributed by atoms with Gasteiger partial charge in [-0.25, -0.2) is 8.78 Å². The Kier molecular flexibility index (Phi) is 6.06. The molecule has 0 radical (unpaired) electrons. The van der Waals surface area contributed by atoms with Gasteiger partial charge in [0.2, 0.25) is 5.91 Å². The van der Waals surface area contributed by atoms with Crippen LogP contribution >= 0.6 is 0 Å². The van der Waals surface area contributed by atoms with Gasteiger partial charge in [-0.15, -0.1) is 0 Å². The number of benzene rings is 1. The SMILES string of the molecule is CCNC(=NCCCN1CCCC1=O)NC1CC1c1c(F)cccc1F. The summed E-state index contributed by atoms with van der Waals surface area (Å²) in [6.45, 7) is 4.86. The molecular weight excluding hydrogens is 338 g/mol. The summed E-state index contributed by atoms with van der Waals surface area (Å²) >= 11 is 0. The van der Waals surface area contributed by atoms with Crippen molar-refractivity contribution in [2.45, 2.75) is 44.6 Å². The molecule has 0 spiro atoms. The number of aliphatic imine (C=N–C) groups is 1. The lowest BCUT2D eigenvalue weighted by molar-refractivity contribution is -0.127. The first-order valence-corrected chi connectivity index (χ1v) is 9.36. The predicted octanol–water partition coefficient (Wildman–Crippen LogP) is 2.39. The van der Waals surface area contributed by atoms with Crippen LogP contribution in [0.15, 0.2) is 23.2 Å². The molecular formula is C19H26F2N4O. The minimum atomic E-state index is -0.489. The summed E-state index contributed by atoms with van der Waals surface area (Å²) in [6.07, 6.45) is 3.09. The number of carbonyl (C=O) groups excluding carboxylic acids is 1. The Bertz CT molecular complexity index is 659. The second kappa shape index (κ2) is 8.47. The number of amides is 1. The van der Waals surface area contributed by atoms with Crippen LogP contribution in [0.2, 0.25) is 0 Å². The Morgan fingerprint density at radius 2 is 2.12 bits per heavy atom. The van der Waals surface area contributed by atoms with Crippen molar-refractivity contribution in [3.05, 3.63) is 35.4 Å². The highest BCUT2D eigenvalue weighted by Gasteiger charge is 2.42. The third-order valence-corrected chi connectivity index (χ3v) is 4.85. The minimum absolute atomic E-state index is 0.0145. The Balaban J connectivity index is 1.50. The minimum Gasteiger partial charge on any atom is -0.357 e. The maximum atomic E-state index is 13.9. The average Bonchev–Trinajstić information content (AvgIpc) is 3.22. The first kappa shape index (κ1) is 18.6. The highest BCUT2D eigenvalue weighted by Crippen LogP contribution is 2.43. The summed E-state index contributed by atoms with van der Waals surface area (Å²) in [5, 5.41) is 6.42. The van der Waals surface area contributed by atoms with Gasteiger partial charge in [0.25, 0.3) is 0 Å². The topological polar surface area (TPSA) is 56.7 Å². The van der Waals surface area contributed by atoms with Gasteiger partial charge in [0.15, 0.2) is 5.96 Å². The van der Waals surface area contributed by atoms with E-state index < -0.39 is 11.6 Å². The molecule has 2 atom stereocenters. The number of rotatable bonds is 7. The van der Waals surface area contributed by atoms with E-state index in [0.29, 0.717) is 31.9 Å². The first-order chi connectivity index (χ1) is 12.6. The Morgan fingerprint density at radius 3 is 2.77 bits per heavy atom. The maximum absolute atomic E-state index is 13.9. The molecule has 1 amide bonds. The van der Waals surface area contributed by atoms with Gasteiger partial charge in [-0.3, -0.25) is 9.79 Å². The second-order valence-electron chi connectivity index (χ2n) is 6.83. The lowest BCUT2D eigenvalue weighted by Gasteiger charge is -2.15. The summed E-state index contributed by atoms with van der Waals surface area (Å²) in [5.74, 6) is -0.258. The molecule has 1 aromatic rings. The van der Waals surface area contributed by atoms with Gasteiger partial charge >= 0.3 is 0 Å². The average molecular weight is 364 g/mol. The molecule has 1 aliphatic carbocycles. The summed E-state index contributed by atoms with van der Waals surface area (Å²) in [7, 11) is 0. The molecule has 1 aromatic carbocycles. The van der Waals surface area contributed by atoms with Gasteiger partial charge in [-0.05, 0) is 38.3 Å². The molecule has 3 rings (SSSR count). The van der Waals surface area contributed by atoms with Crippen molar-refractivity contribution in [3.63, 3.8) is 0 Å². The molecule has 0 aromatic heterocycles. The number of nitrogens with one attached hydrogen (secondary N) is 2. The zero-order valence-corrected chi connectivity index (χ0v) is 15.1. The molecule has 1 heterocycles. The van der Waals surface area contributed by atoms with E-state index >= 15 is 0 Å². The predicted molar refractivity (Wildman–Crippen MR) is 97.0 cm³/mol. The van der Waals surface area contributed by atoms with E-state index in [4.69, 9.17) is 0 Å². The van der Waals surface area contributed by atoms with Crippen molar-refractivity contribution in [3.8, 4) is 0 Å². The molecule has 7 heteroatoms. The van der Waals surface area contributed by atoms with Gasteiger partial charge in [0, 0.05) is 50.1 Å². The highest BCUT2D eigenvalue weighted by molar-refractivity contribution is 5.80. The Morgan fingerprint density at radius 1 is 1.35 bits per heavy atom. The van der Waals surface area contributed by atoms with Crippen LogP contribution in [0.5, 0.6) is 0 Å². The molecule has 1 saturated carbocycles. The van der Waals surface area contributed by atoms with Crippen LogP contribution < -0.4 is 10.6 Å². The first-order valence-electron chi connectivity index (χ1n) is 9.36. The van der Waals surface area contributed by atoms with Crippen molar-refractivity contribution < 1.29 is 13.6 Å². The van der Waals surface area contributed by atoms with E-state index in [-0.39, 0.29) is 23.4 Å². The largest absolute Gasteiger partial charge is 0.357 e. The zero-order valence-electron chi connectivity index (χ0n) is 15.1. The van der Waals surface area contributed by atoms with E-state index in [0.717, 1.165) is 25.9 Å². The lowest BCUT2D eigenvalue weighted by atomic mass is 10.1. The molecule has 2 fully saturated rings. The summed E-state index contributed by atoms with van der Waals surface area (Å²) in [6, 6.07) is 3.97. The van der Waals surface area contributed by atoms with Crippen molar-refractivity contribution in [1.29, 1.82) is 0 Å². The van der Waals surface area contributed by atoms with Crippen LogP contribution in [-0.2, 0) is 4.79 Å². The van der Waals surface area contributed by atoms with Gasteiger partial charge in [-0.2, -0.15) is 0 Å². The number of hydrogen-bond acceptors (Lipinski definition) is 2. The summed E-state index contributed by atoms with van der Waals surface area (Å²) in [4.78, 5) is 18.0. The molecule has 1 aliphatic heterocycles. The van der Waals surface area contributed by atoms with Crippen molar-refractivity contribution in [2.75, 3.05) is 26.2 Å². The summed E-state index contributed by atoms with van der Waals surface area (Å²) < 4.78 is 27.8. The lowest BCUT2D eigenvalue weighted by Crippen LogP contribution is -2.39. The molecule has 5 nitrogen and oxygen atoms in total. The Labute approximate surface area is 152 Å². The van der Waals surface area contributed by atoms with E-state index in [1.165, 1.54) is 18.2 Å². The van der Waals surface area contributed by atoms with Crippen LogP contribution in [-0.4, -0.2) is 49.0 Å². The third kappa shape index (κ3) is 4.51. The molecule has 1 saturated heterocycles. The highest BCUT2D eigenvalue weighted by atomic mass is 19.1. The van der Waals surface area contributed by atoms with Crippen LogP contribution in [0.4, 0.5) is 8.78 Å². The molecule has 2 aliphatic rings. The van der Waals surface area contributed by atoms with Crippen molar-refractivity contribution >= 4 is 11.9 Å². The van der Waals surface area contributed by atoms with E-state index in [2.05, 4.69) is 15.6 Å². The molecule has 142 valence electrons. The normalized spacial score (nSPS) is 22.7. The number of carbonyl (C=O) groups is 1. The molecule has 26 heavy (non-hydrogen) atoms. The van der Waals surface area contributed by atoms with Crippen LogP contribution in [0.25, 0.3) is 0 Å². The molecule has 0 bridgehead atoms. The number of hydrogen-bond donors (Lipinski definition) is 2.